The Bertz CT molecular complexity index is 732. The minimum atomic E-state index is -3.16. The van der Waals surface area contributed by atoms with Crippen LogP contribution in [0.25, 0.3) is 0 Å². The van der Waals surface area contributed by atoms with Gasteiger partial charge in [0, 0.05) is 23.6 Å². The average molecular weight is 338 g/mol. The molecule has 23 heavy (non-hydrogen) atoms. The lowest BCUT2D eigenvalue weighted by atomic mass is 9.69. The van der Waals surface area contributed by atoms with Gasteiger partial charge in [0.1, 0.15) is 5.76 Å². The number of aromatic nitrogens is 1. The zero-order valence-corrected chi connectivity index (χ0v) is 15.2. The van der Waals surface area contributed by atoms with E-state index < -0.39 is 10.0 Å². The van der Waals surface area contributed by atoms with Gasteiger partial charge in [0.25, 0.3) is 0 Å². The third kappa shape index (κ3) is 1.88. The highest BCUT2D eigenvalue weighted by molar-refractivity contribution is 7.89. The molecule has 0 N–H and O–H groups in total. The minimum absolute atomic E-state index is 0.0325. The zero-order valence-electron chi connectivity index (χ0n) is 14.4. The van der Waals surface area contributed by atoms with Crippen molar-refractivity contribution in [1.29, 1.82) is 0 Å². The highest BCUT2D eigenvalue weighted by Crippen LogP contribution is 2.69. The topological polar surface area (TPSA) is 63.4 Å². The standard InChI is InChI=1S/C17H26N2O3S/c1-11-14(12(2)22-18-11)6-8-19-15-9-13-5-7-17(15,16(13,3)4)10-23(19,20)21/h13,15H,5-10H2,1-4H3/t13-,15-,17-/m1/s1. The summed E-state index contributed by atoms with van der Waals surface area (Å²) in [4.78, 5) is 0. The van der Waals surface area contributed by atoms with Gasteiger partial charge in [-0.25, -0.2) is 8.42 Å². The van der Waals surface area contributed by atoms with Crippen molar-refractivity contribution in [3.63, 3.8) is 0 Å². The molecule has 0 amide bonds. The first-order valence-corrected chi connectivity index (χ1v) is 10.2. The molecule has 0 unspecified atom stereocenters. The fourth-order valence-electron chi connectivity index (χ4n) is 5.75. The molecule has 2 heterocycles. The molecule has 1 spiro atoms. The first-order chi connectivity index (χ1) is 10.7. The summed E-state index contributed by atoms with van der Waals surface area (Å²) in [5.74, 6) is 1.82. The molecule has 2 saturated carbocycles. The van der Waals surface area contributed by atoms with Gasteiger partial charge >= 0.3 is 0 Å². The fourth-order valence-corrected chi connectivity index (χ4v) is 8.32. The van der Waals surface area contributed by atoms with Crippen LogP contribution in [0.4, 0.5) is 0 Å². The highest BCUT2D eigenvalue weighted by Gasteiger charge is 2.71. The average Bonchev–Trinajstić information content (AvgIpc) is 3.05. The second-order valence-electron chi connectivity index (χ2n) is 8.28. The zero-order chi connectivity index (χ0) is 16.6. The van der Waals surface area contributed by atoms with E-state index in [0.717, 1.165) is 29.9 Å². The molecule has 0 aromatic carbocycles. The molecule has 128 valence electrons. The molecule has 2 bridgehead atoms. The van der Waals surface area contributed by atoms with Crippen molar-refractivity contribution < 1.29 is 12.9 Å². The van der Waals surface area contributed by atoms with Crippen molar-refractivity contribution in [2.24, 2.45) is 16.7 Å². The highest BCUT2D eigenvalue weighted by atomic mass is 32.2. The molecule has 1 aromatic heterocycles. The Morgan fingerprint density at radius 2 is 2.09 bits per heavy atom. The maximum Gasteiger partial charge on any atom is 0.215 e. The molecule has 3 aliphatic rings. The van der Waals surface area contributed by atoms with Crippen LogP contribution in [0.5, 0.6) is 0 Å². The lowest BCUT2D eigenvalue weighted by Gasteiger charge is -2.37. The predicted molar refractivity (Wildman–Crippen MR) is 87.5 cm³/mol. The number of sulfonamides is 1. The van der Waals surface area contributed by atoms with Gasteiger partial charge < -0.3 is 4.52 Å². The fraction of sp³-hybridized carbons (Fsp3) is 0.824. The Labute approximate surface area is 138 Å². The summed E-state index contributed by atoms with van der Waals surface area (Å²) in [6.45, 7) is 8.96. The van der Waals surface area contributed by atoms with E-state index in [1.54, 1.807) is 0 Å². The van der Waals surface area contributed by atoms with Crippen LogP contribution in [0.3, 0.4) is 0 Å². The maximum absolute atomic E-state index is 12.9. The van der Waals surface area contributed by atoms with Crippen LogP contribution in [-0.4, -0.2) is 36.2 Å². The van der Waals surface area contributed by atoms with E-state index >= 15 is 0 Å². The van der Waals surface area contributed by atoms with Crippen LogP contribution in [0.15, 0.2) is 4.52 Å². The molecule has 4 rings (SSSR count). The molecule has 1 saturated heterocycles. The number of rotatable bonds is 3. The third-order valence-corrected chi connectivity index (χ3v) is 9.33. The maximum atomic E-state index is 12.9. The summed E-state index contributed by atoms with van der Waals surface area (Å²) in [6, 6.07) is 0.196. The van der Waals surface area contributed by atoms with Crippen LogP contribution in [0.1, 0.15) is 50.1 Å². The van der Waals surface area contributed by atoms with Crippen LogP contribution >= 0.6 is 0 Å². The monoisotopic (exact) mass is 338 g/mol. The Balaban J connectivity index is 1.63. The molecule has 5 nitrogen and oxygen atoms in total. The van der Waals surface area contributed by atoms with E-state index in [9.17, 15) is 8.42 Å². The quantitative estimate of drug-likeness (QED) is 0.850. The predicted octanol–water partition coefficient (Wildman–Crippen LogP) is 2.67. The second kappa shape index (κ2) is 4.60. The van der Waals surface area contributed by atoms with Crippen molar-refractivity contribution in [1.82, 2.24) is 9.46 Å². The van der Waals surface area contributed by atoms with Gasteiger partial charge in [-0.15, -0.1) is 0 Å². The lowest BCUT2D eigenvalue weighted by Crippen LogP contribution is -2.42. The lowest BCUT2D eigenvalue weighted by molar-refractivity contribution is 0.114. The number of hydrogen-bond acceptors (Lipinski definition) is 4. The van der Waals surface area contributed by atoms with Crippen LogP contribution < -0.4 is 0 Å². The first-order valence-electron chi connectivity index (χ1n) is 8.60. The molecule has 3 atom stereocenters. The van der Waals surface area contributed by atoms with Gasteiger partial charge in [0.15, 0.2) is 0 Å². The van der Waals surface area contributed by atoms with Crippen molar-refractivity contribution in [2.75, 3.05) is 12.3 Å². The number of aryl methyl sites for hydroxylation is 2. The smallest absolute Gasteiger partial charge is 0.215 e. The molecular weight excluding hydrogens is 312 g/mol. The van der Waals surface area contributed by atoms with Crippen LogP contribution in [-0.2, 0) is 16.4 Å². The Hall–Kier alpha value is -0.880. The molecular formula is C17H26N2O3S. The third-order valence-electron chi connectivity index (χ3n) is 7.30. The summed E-state index contributed by atoms with van der Waals surface area (Å²) in [5, 5.41) is 3.98. The summed E-state index contributed by atoms with van der Waals surface area (Å²) in [7, 11) is -3.16. The van der Waals surface area contributed by atoms with Crippen molar-refractivity contribution in [3.05, 3.63) is 17.0 Å². The van der Waals surface area contributed by atoms with E-state index in [4.69, 9.17) is 4.52 Å². The first kappa shape index (κ1) is 15.6. The molecule has 3 fully saturated rings. The Kier molecular flexibility index (Phi) is 3.13. The largest absolute Gasteiger partial charge is 0.361 e. The Morgan fingerprint density at radius 1 is 1.35 bits per heavy atom. The molecule has 2 aliphatic carbocycles. The van der Waals surface area contributed by atoms with E-state index in [1.807, 2.05) is 18.2 Å². The summed E-state index contributed by atoms with van der Waals surface area (Å²) in [5.41, 5.74) is 2.04. The summed E-state index contributed by atoms with van der Waals surface area (Å²) < 4.78 is 32.8. The van der Waals surface area contributed by atoms with Gasteiger partial charge in [0.2, 0.25) is 10.0 Å². The molecule has 1 aromatic rings. The van der Waals surface area contributed by atoms with E-state index in [1.165, 1.54) is 6.42 Å². The molecule has 0 radical (unpaired) electrons. The van der Waals surface area contributed by atoms with E-state index in [2.05, 4.69) is 19.0 Å². The Morgan fingerprint density at radius 3 is 2.70 bits per heavy atom. The normalized spacial score (nSPS) is 37.4. The summed E-state index contributed by atoms with van der Waals surface area (Å²) in [6.07, 6.45) is 3.99. The van der Waals surface area contributed by atoms with Gasteiger partial charge in [-0.2, -0.15) is 4.31 Å². The van der Waals surface area contributed by atoms with Crippen molar-refractivity contribution in [3.8, 4) is 0 Å². The van der Waals surface area contributed by atoms with Crippen LogP contribution in [0, 0.1) is 30.6 Å². The molecule has 6 heteroatoms. The van der Waals surface area contributed by atoms with Crippen molar-refractivity contribution in [2.45, 2.75) is 59.4 Å². The number of nitrogens with zero attached hydrogens (tertiary/aromatic N) is 2. The van der Waals surface area contributed by atoms with Gasteiger partial charge in [-0.3, -0.25) is 0 Å². The van der Waals surface area contributed by atoms with Gasteiger partial charge in [-0.1, -0.05) is 19.0 Å². The second-order valence-corrected chi connectivity index (χ2v) is 10.2. The van der Waals surface area contributed by atoms with Crippen molar-refractivity contribution >= 4 is 10.0 Å². The minimum Gasteiger partial charge on any atom is -0.361 e. The van der Waals surface area contributed by atoms with Gasteiger partial charge in [-0.05, 0) is 50.9 Å². The number of hydrogen-bond donors (Lipinski definition) is 0. The van der Waals surface area contributed by atoms with E-state index in [0.29, 0.717) is 24.6 Å². The SMILES string of the molecule is Cc1noc(C)c1CCN1[C@@H]2C[C@H]3CC[C@]2(CS1(=O)=O)C3(C)C. The molecule has 1 aliphatic heterocycles. The summed E-state index contributed by atoms with van der Waals surface area (Å²) >= 11 is 0. The van der Waals surface area contributed by atoms with E-state index in [-0.39, 0.29) is 16.9 Å². The van der Waals surface area contributed by atoms with Gasteiger partial charge in [0.05, 0.1) is 11.4 Å². The number of fused-ring (bicyclic) bond motifs is 1. The van der Waals surface area contributed by atoms with Crippen LogP contribution in [0.2, 0.25) is 0 Å².